The number of nitrogens with two attached hydrogens (primary N) is 1. The molecule has 2 rings (SSSR count). The molecular weight excluding hydrogens is 244 g/mol. The van der Waals surface area contributed by atoms with Crippen LogP contribution in [-0.4, -0.2) is 24.5 Å². The fraction of sp³-hybridized carbons (Fsp3) is 0.667. The van der Waals surface area contributed by atoms with Crippen molar-refractivity contribution in [2.45, 2.75) is 46.1 Å². The third kappa shape index (κ3) is 4.60. The standard InChI is InChI=1S/C18H30N2/c1-14(2)11-16-6-8-17(9-7-16)18(19)13-20-10-4-5-15(3)12-20/h6-9,14-15,18H,4-5,10-13,19H2,1-3H3. The predicted molar refractivity (Wildman–Crippen MR) is 86.8 cm³/mol. The molecule has 0 spiro atoms. The number of rotatable bonds is 5. The summed E-state index contributed by atoms with van der Waals surface area (Å²) < 4.78 is 0. The van der Waals surface area contributed by atoms with E-state index in [1.807, 2.05) is 0 Å². The molecule has 1 aromatic rings. The van der Waals surface area contributed by atoms with Gasteiger partial charge >= 0.3 is 0 Å². The lowest BCUT2D eigenvalue weighted by Crippen LogP contribution is -2.39. The van der Waals surface area contributed by atoms with Crippen LogP contribution in [0.15, 0.2) is 24.3 Å². The van der Waals surface area contributed by atoms with E-state index in [1.54, 1.807) is 0 Å². The fourth-order valence-corrected chi connectivity index (χ4v) is 3.21. The van der Waals surface area contributed by atoms with Crippen LogP contribution in [0.5, 0.6) is 0 Å². The van der Waals surface area contributed by atoms with Gasteiger partial charge in [0.25, 0.3) is 0 Å². The SMILES string of the molecule is CC(C)Cc1ccc(C(N)CN2CCCC(C)C2)cc1. The summed E-state index contributed by atoms with van der Waals surface area (Å²) in [6.45, 7) is 10.3. The van der Waals surface area contributed by atoms with E-state index in [1.165, 1.54) is 37.1 Å². The summed E-state index contributed by atoms with van der Waals surface area (Å²) in [6, 6.07) is 9.07. The van der Waals surface area contributed by atoms with E-state index < -0.39 is 0 Å². The highest BCUT2D eigenvalue weighted by Gasteiger charge is 2.18. The smallest absolute Gasteiger partial charge is 0.0424 e. The zero-order chi connectivity index (χ0) is 14.5. The highest BCUT2D eigenvalue weighted by molar-refractivity contribution is 5.25. The van der Waals surface area contributed by atoms with Gasteiger partial charge in [0.1, 0.15) is 0 Å². The van der Waals surface area contributed by atoms with E-state index in [0.29, 0.717) is 5.92 Å². The quantitative estimate of drug-likeness (QED) is 0.888. The highest BCUT2D eigenvalue weighted by atomic mass is 15.1. The van der Waals surface area contributed by atoms with E-state index in [-0.39, 0.29) is 6.04 Å². The van der Waals surface area contributed by atoms with E-state index in [2.05, 4.69) is 49.9 Å². The second-order valence-electron chi connectivity index (χ2n) is 6.95. The lowest BCUT2D eigenvalue weighted by Gasteiger charge is -2.32. The Labute approximate surface area is 124 Å². The number of hydrogen-bond donors (Lipinski definition) is 1. The number of likely N-dealkylation sites (tertiary alicyclic amines) is 1. The molecule has 0 radical (unpaired) electrons. The molecule has 0 amide bonds. The van der Waals surface area contributed by atoms with Crippen molar-refractivity contribution in [3.05, 3.63) is 35.4 Å². The van der Waals surface area contributed by atoms with Crippen LogP contribution in [0.1, 0.15) is 50.8 Å². The van der Waals surface area contributed by atoms with Crippen molar-refractivity contribution >= 4 is 0 Å². The number of piperidine rings is 1. The van der Waals surface area contributed by atoms with Crippen molar-refractivity contribution in [1.29, 1.82) is 0 Å². The van der Waals surface area contributed by atoms with Gasteiger partial charge in [-0.2, -0.15) is 0 Å². The maximum atomic E-state index is 6.38. The van der Waals surface area contributed by atoms with Gasteiger partial charge in [0, 0.05) is 19.1 Å². The molecule has 0 bridgehead atoms. The molecule has 20 heavy (non-hydrogen) atoms. The Hall–Kier alpha value is -0.860. The topological polar surface area (TPSA) is 29.3 Å². The average molecular weight is 274 g/mol. The summed E-state index contributed by atoms with van der Waals surface area (Å²) in [5, 5.41) is 0. The van der Waals surface area contributed by atoms with Gasteiger partial charge in [-0.15, -0.1) is 0 Å². The molecule has 1 aliphatic heterocycles. The van der Waals surface area contributed by atoms with E-state index in [9.17, 15) is 0 Å². The largest absolute Gasteiger partial charge is 0.323 e. The minimum atomic E-state index is 0.147. The highest BCUT2D eigenvalue weighted by Crippen LogP contribution is 2.19. The molecule has 1 aromatic carbocycles. The van der Waals surface area contributed by atoms with Gasteiger partial charge in [-0.1, -0.05) is 45.0 Å². The molecule has 0 saturated carbocycles. The molecule has 1 saturated heterocycles. The molecule has 1 heterocycles. The van der Waals surface area contributed by atoms with Crippen LogP contribution in [0.25, 0.3) is 0 Å². The monoisotopic (exact) mass is 274 g/mol. The van der Waals surface area contributed by atoms with Crippen LogP contribution in [0.2, 0.25) is 0 Å². The van der Waals surface area contributed by atoms with E-state index >= 15 is 0 Å². The van der Waals surface area contributed by atoms with Crippen LogP contribution >= 0.6 is 0 Å². The Morgan fingerprint density at radius 1 is 1.25 bits per heavy atom. The van der Waals surface area contributed by atoms with Crippen LogP contribution in [-0.2, 0) is 6.42 Å². The Morgan fingerprint density at radius 2 is 1.95 bits per heavy atom. The maximum absolute atomic E-state index is 6.38. The van der Waals surface area contributed by atoms with Crippen LogP contribution in [0.3, 0.4) is 0 Å². The summed E-state index contributed by atoms with van der Waals surface area (Å²) in [7, 11) is 0. The Bertz CT molecular complexity index is 396. The first-order valence-corrected chi connectivity index (χ1v) is 8.11. The lowest BCUT2D eigenvalue weighted by molar-refractivity contribution is 0.175. The summed E-state index contributed by atoms with van der Waals surface area (Å²) in [4.78, 5) is 2.53. The molecule has 112 valence electrons. The number of hydrogen-bond acceptors (Lipinski definition) is 2. The minimum Gasteiger partial charge on any atom is -0.323 e. The lowest BCUT2D eigenvalue weighted by atomic mass is 9.97. The van der Waals surface area contributed by atoms with E-state index in [4.69, 9.17) is 5.73 Å². The zero-order valence-corrected chi connectivity index (χ0v) is 13.3. The molecular formula is C18H30N2. The van der Waals surface area contributed by atoms with Crippen molar-refractivity contribution in [2.75, 3.05) is 19.6 Å². The van der Waals surface area contributed by atoms with Gasteiger partial charge < -0.3 is 10.6 Å². The Balaban J connectivity index is 1.90. The molecule has 2 N–H and O–H groups in total. The van der Waals surface area contributed by atoms with Gasteiger partial charge in [-0.3, -0.25) is 0 Å². The van der Waals surface area contributed by atoms with Crippen molar-refractivity contribution < 1.29 is 0 Å². The Kier molecular flexibility index (Phi) is 5.62. The first-order valence-electron chi connectivity index (χ1n) is 8.11. The van der Waals surface area contributed by atoms with Crippen LogP contribution < -0.4 is 5.73 Å². The molecule has 1 aliphatic rings. The zero-order valence-electron chi connectivity index (χ0n) is 13.3. The molecule has 1 fully saturated rings. The summed E-state index contributed by atoms with van der Waals surface area (Å²) in [6.07, 6.45) is 3.84. The van der Waals surface area contributed by atoms with E-state index in [0.717, 1.165) is 18.9 Å². The fourth-order valence-electron chi connectivity index (χ4n) is 3.21. The van der Waals surface area contributed by atoms with Crippen molar-refractivity contribution in [3.8, 4) is 0 Å². The first-order chi connectivity index (χ1) is 9.54. The third-order valence-corrected chi connectivity index (χ3v) is 4.25. The maximum Gasteiger partial charge on any atom is 0.0424 e. The van der Waals surface area contributed by atoms with Gasteiger partial charge in [0.05, 0.1) is 0 Å². The van der Waals surface area contributed by atoms with Gasteiger partial charge in [0.15, 0.2) is 0 Å². The average Bonchev–Trinajstić information content (AvgIpc) is 2.38. The molecule has 2 heteroatoms. The molecule has 2 unspecified atom stereocenters. The second kappa shape index (κ2) is 7.24. The van der Waals surface area contributed by atoms with Gasteiger partial charge in [0.2, 0.25) is 0 Å². The number of benzene rings is 1. The van der Waals surface area contributed by atoms with Crippen molar-refractivity contribution in [3.63, 3.8) is 0 Å². The number of nitrogens with zero attached hydrogens (tertiary/aromatic N) is 1. The van der Waals surface area contributed by atoms with Crippen LogP contribution in [0, 0.1) is 11.8 Å². The molecule has 2 atom stereocenters. The summed E-state index contributed by atoms with van der Waals surface area (Å²) in [5.41, 5.74) is 9.07. The first kappa shape index (κ1) is 15.5. The van der Waals surface area contributed by atoms with Gasteiger partial charge in [-0.05, 0) is 48.8 Å². The summed E-state index contributed by atoms with van der Waals surface area (Å²) >= 11 is 0. The van der Waals surface area contributed by atoms with Crippen molar-refractivity contribution in [1.82, 2.24) is 4.90 Å². The molecule has 2 nitrogen and oxygen atoms in total. The summed E-state index contributed by atoms with van der Waals surface area (Å²) in [5.74, 6) is 1.54. The Morgan fingerprint density at radius 3 is 2.55 bits per heavy atom. The van der Waals surface area contributed by atoms with Crippen molar-refractivity contribution in [2.24, 2.45) is 17.6 Å². The minimum absolute atomic E-state index is 0.147. The van der Waals surface area contributed by atoms with Crippen LogP contribution in [0.4, 0.5) is 0 Å². The normalized spacial score (nSPS) is 22.1. The van der Waals surface area contributed by atoms with Gasteiger partial charge in [-0.25, -0.2) is 0 Å². The second-order valence-corrected chi connectivity index (χ2v) is 6.95. The third-order valence-electron chi connectivity index (χ3n) is 4.25. The predicted octanol–water partition coefficient (Wildman–Crippen LogP) is 3.62. The molecule has 0 aromatic heterocycles. The molecule has 0 aliphatic carbocycles.